The molecule has 108 valence electrons. The number of hydrogen-bond acceptors (Lipinski definition) is 3. The summed E-state index contributed by atoms with van der Waals surface area (Å²) in [6, 6.07) is 0. The second-order valence-electron chi connectivity index (χ2n) is 6.02. The summed E-state index contributed by atoms with van der Waals surface area (Å²) in [6.07, 6.45) is 5.17. The summed E-state index contributed by atoms with van der Waals surface area (Å²) in [5.41, 5.74) is 0.102. The van der Waals surface area contributed by atoms with E-state index in [0.717, 1.165) is 12.8 Å². The molecule has 0 aliphatic rings. The van der Waals surface area contributed by atoms with Gasteiger partial charge in [-0.15, -0.1) is 11.6 Å². The van der Waals surface area contributed by atoms with Crippen LogP contribution in [0.4, 0.5) is 5.82 Å². The molecule has 1 N–H and O–H groups in total. The van der Waals surface area contributed by atoms with E-state index in [1.807, 2.05) is 6.92 Å². The summed E-state index contributed by atoms with van der Waals surface area (Å²) in [7, 11) is 0. The quantitative estimate of drug-likeness (QED) is 0.817. The third-order valence-electron chi connectivity index (χ3n) is 2.70. The van der Waals surface area contributed by atoms with Gasteiger partial charge in [0.15, 0.2) is 5.82 Å². The predicted molar refractivity (Wildman–Crippen MR) is 81.0 cm³/mol. The largest absolute Gasteiger partial charge is 0.364 e. The van der Waals surface area contributed by atoms with Gasteiger partial charge in [-0.25, -0.2) is 4.98 Å². The van der Waals surface area contributed by atoms with Crippen molar-refractivity contribution in [2.24, 2.45) is 5.41 Å². The molecule has 0 saturated carbocycles. The average Bonchev–Trinajstić information content (AvgIpc) is 2.28. The smallest absolute Gasteiger partial charge is 0.293 e. The SMILES string of the molecule is CCCn1ccnc(NCC(Cl)CC(C)(C)C)c1=O. The first kappa shape index (κ1) is 16.0. The van der Waals surface area contributed by atoms with Gasteiger partial charge in [0.2, 0.25) is 0 Å². The van der Waals surface area contributed by atoms with Gasteiger partial charge in [0, 0.05) is 25.5 Å². The molecule has 4 nitrogen and oxygen atoms in total. The van der Waals surface area contributed by atoms with Crippen LogP contribution < -0.4 is 10.9 Å². The van der Waals surface area contributed by atoms with E-state index < -0.39 is 0 Å². The van der Waals surface area contributed by atoms with Crippen LogP contribution >= 0.6 is 11.6 Å². The summed E-state index contributed by atoms with van der Waals surface area (Å²) >= 11 is 6.27. The Labute approximate surface area is 120 Å². The minimum atomic E-state index is -0.0797. The Morgan fingerprint density at radius 3 is 2.74 bits per heavy atom. The topological polar surface area (TPSA) is 46.9 Å². The monoisotopic (exact) mass is 285 g/mol. The third-order valence-corrected chi connectivity index (χ3v) is 3.01. The maximum atomic E-state index is 12.1. The standard InChI is InChI=1S/C14H24ClN3O/c1-5-7-18-8-6-16-12(13(18)19)17-10-11(15)9-14(2,3)4/h6,8,11H,5,7,9-10H2,1-4H3,(H,16,17). The fourth-order valence-electron chi connectivity index (χ4n) is 1.93. The Hall–Kier alpha value is -1.03. The van der Waals surface area contributed by atoms with Crippen molar-refractivity contribution < 1.29 is 0 Å². The molecule has 1 rings (SSSR count). The number of aromatic nitrogens is 2. The van der Waals surface area contributed by atoms with E-state index in [2.05, 4.69) is 31.1 Å². The number of rotatable bonds is 6. The number of nitrogens with one attached hydrogen (secondary N) is 1. The third kappa shape index (κ3) is 5.64. The lowest BCUT2D eigenvalue weighted by Crippen LogP contribution is -2.28. The summed E-state index contributed by atoms with van der Waals surface area (Å²) < 4.78 is 1.67. The lowest BCUT2D eigenvalue weighted by Gasteiger charge is -2.22. The molecule has 19 heavy (non-hydrogen) atoms. The average molecular weight is 286 g/mol. The van der Waals surface area contributed by atoms with Crippen molar-refractivity contribution in [2.75, 3.05) is 11.9 Å². The first-order valence-electron chi connectivity index (χ1n) is 6.77. The van der Waals surface area contributed by atoms with Gasteiger partial charge in [0.05, 0.1) is 5.38 Å². The zero-order valence-electron chi connectivity index (χ0n) is 12.2. The number of nitrogens with zero attached hydrogens (tertiary/aromatic N) is 2. The summed E-state index contributed by atoms with van der Waals surface area (Å²) in [6.45, 7) is 9.75. The van der Waals surface area contributed by atoms with Crippen LogP contribution in [0.15, 0.2) is 17.2 Å². The van der Waals surface area contributed by atoms with Gasteiger partial charge >= 0.3 is 0 Å². The highest BCUT2D eigenvalue weighted by Crippen LogP contribution is 2.23. The van der Waals surface area contributed by atoms with E-state index in [-0.39, 0.29) is 16.4 Å². The van der Waals surface area contributed by atoms with Gasteiger partial charge in [-0.05, 0) is 18.3 Å². The molecule has 1 unspecified atom stereocenters. The second kappa shape index (κ2) is 6.94. The molecule has 1 aromatic rings. The predicted octanol–water partition coefficient (Wildman–Crippen LogP) is 3.11. The fraction of sp³-hybridized carbons (Fsp3) is 0.714. The van der Waals surface area contributed by atoms with Crippen molar-refractivity contribution in [3.63, 3.8) is 0 Å². The van der Waals surface area contributed by atoms with Gasteiger partial charge in [-0.3, -0.25) is 4.79 Å². The van der Waals surface area contributed by atoms with Gasteiger partial charge in [0.1, 0.15) is 0 Å². The molecule has 0 aliphatic carbocycles. The van der Waals surface area contributed by atoms with E-state index in [1.54, 1.807) is 17.0 Å². The molecule has 0 aliphatic heterocycles. The van der Waals surface area contributed by atoms with Crippen LogP contribution in [0, 0.1) is 5.41 Å². The zero-order valence-corrected chi connectivity index (χ0v) is 13.0. The van der Waals surface area contributed by atoms with E-state index >= 15 is 0 Å². The van der Waals surface area contributed by atoms with E-state index in [9.17, 15) is 4.79 Å². The maximum absolute atomic E-state index is 12.1. The molecular weight excluding hydrogens is 262 g/mol. The van der Waals surface area contributed by atoms with Gasteiger partial charge in [-0.2, -0.15) is 0 Å². The maximum Gasteiger partial charge on any atom is 0.293 e. The van der Waals surface area contributed by atoms with Crippen LogP contribution in [0.5, 0.6) is 0 Å². The molecule has 0 aromatic carbocycles. The molecule has 0 saturated heterocycles. The van der Waals surface area contributed by atoms with Crippen molar-refractivity contribution in [1.82, 2.24) is 9.55 Å². The van der Waals surface area contributed by atoms with Crippen LogP contribution in [-0.4, -0.2) is 21.5 Å². The molecule has 0 spiro atoms. The van der Waals surface area contributed by atoms with E-state index in [4.69, 9.17) is 11.6 Å². The molecule has 0 amide bonds. The fourth-order valence-corrected chi connectivity index (χ4v) is 2.47. The Bertz CT molecular complexity index is 451. The van der Waals surface area contributed by atoms with Gasteiger partial charge in [-0.1, -0.05) is 27.7 Å². The molecule has 0 fully saturated rings. The Morgan fingerprint density at radius 1 is 1.47 bits per heavy atom. The lowest BCUT2D eigenvalue weighted by molar-refractivity contribution is 0.373. The van der Waals surface area contributed by atoms with Crippen LogP contribution in [-0.2, 0) is 6.54 Å². The van der Waals surface area contributed by atoms with Crippen LogP contribution in [0.3, 0.4) is 0 Å². The molecule has 1 atom stereocenters. The molecule has 5 heteroatoms. The number of anilines is 1. The number of hydrogen-bond donors (Lipinski definition) is 1. The first-order valence-corrected chi connectivity index (χ1v) is 7.20. The van der Waals surface area contributed by atoms with Crippen molar-refractivity contribution >= 4 is 17.4 Å². The van der Waals surface area contributed by atoms with Gasteiger partial charge in [0.25, 0.3) is 5.56 Å². The molecular formula is C14H24ClN3O. The van der Waals surface area contributed by atoms with E-state index in [1.165, 1.54) is 0 Å². The van der Waals surface area contributed by atoms with Gasteiger partial charge < -0.3 is 9.88 Å². The van der Waals surface area contributed by atoms with Crippen molar-refractivity contribution in [3.8, 4) is 0 Å². The van der Waals surface area contributed by atoms with Crippen molar-refractivity contribution in [2.45, 2.75) is 52.5 Å². The number of aryl methyl sites for hydroxylation is 1. The normalized spacial score (nSPS) is 13.3. The highest BCUT2D eigenvalue weighted by molar-refractivity contribution is 6.20. The van der Waals surface area contributed by atoms with Crippen LogP contribution in [0.1, 0.15) is 40.5 Å². The Balaban J connectivity index is 2.63. The highest BCUT2D eigenvalue weighted by atomic mass is 35.5. The Kier molecular flexibility index (Phi) is 5.85. The minimum absolute atomic E-state index is 0.0129. The summed E-state index contributed by atoms with van der Waals surface area (Å²) in [5, 5.41) is 3.04. The first-order chi connectivity index (χ1) is 8.83. The van der Waals surface area contributed by atoms with Crippen LogP contribution in [0.25, 0.3) is 0 Å². The number of alkyl halides is 1. The Morgan fingerprint density at radius 2 is 2.16 bits per heavy atom. The minimum Gasteiger partial charge on any atom is -0.364 e. The summed E-state index contributed by atoms with van der Waals surface area (Å²) in [5.74, 6) is 0.385. The lowest BCUT2D eigenvalue weighted by atomic mass is 9.90. The second-order valence-corrected chi connectivity index (χ2v) is 6.63. The van der Waals surface area contributed by atoms with Crippen LogP contribution in [0.2, 0.25) is 0 Å². The van der Waals surface area contributed by atoms with Crippen molar-refractivity contribution in [3.05, 3.63) is 22.7 Å². The van der Waals surface area contributed by atoms with Crippen molar-refractivity contribution in [1.29, 1.82) is 0 Å². The molecule has 0 radical (unpaired) electrons. The summed E-state index contributed by atoms with van der Waals surface area (Å²) in [4.78, 5) is 16.1. The molecule has 1 heterocycles. The molecule has 0 bridgehead atoms. The van der Waals surface area contributed by atoms with E-state index in [0.29, 0.717) is 18.9 Å². The number of halogens is 1. The zero-order chi connectivity index (χ0) is 14.5. The molecule has 1 aromatic heterocycles. The highest BCUT2D eigenvalue weighted by Gasteiger charge is 2.17.